The van der Waals surface area contributed by atoms with E-state index in [-0.39, 0.29) is 5.91 Å². The molecule has 3 nitrogen and oxygen atoms in total. The molecule has 1 aliphatic rings. The number of carbonyl (C=O) groups is 1. The molecule has 1 aromatic rings. The van der Waals surface area contributed by atoms with E-state index in [0.717, 1.165) is 31.5 Å². The molecular weight excluding hydrogens is 236 g/mol. The number of aromatic nitrogens is 1. The van der Waals surface area contributed by atoms with Crippen molar-refractivity contribution in [3.05, 3.63) is 28.5 Å². The number of pyridine rings is 1. The van der Waals surface area contributed by atoms with Gasteiger partial charge in [-0.05, 0) is 38.3 Å². The lowest BCUT2D eigenvalue weighted by Crippen LogP contribution is -2.32. The highest BCUT2D eigenvalue weighted by atomic mass is 35.5. The maximum absolute atomic E-state index is 12.3. The van der Waals surface area contributed by atoms with Gasteiger partial charge in [0.25, 0.3) is 5.91 Å². The van der Waals surface area contributed by atoms with Crippen molar-refractivity contribution < 1.29 is 4.79 Å². The standard InChI is InChI=1S/C13H17ClN2O/c1-3-10-7-9(8-12(14)15-10)13(17)16(4-2)11-5-6-11/h7-8,11H,3-6H2,1-2H3. The number of amides is 1. The SMILES string of the molecule is CCc1cc(C(=O)N(CC)C2CC2)cc(Cl)n1. The van der Waals surface area contributed by atoms with E-state index in [0.29, 0.717) is 16.8 Å². The van der Waals surface area contributed by atoms with Gasteiger partial charge in [-0.25, -0.2) is 4.98 Å². The summed E-state index contributed by atoms with van der Waals surface area (Å²) in [4.78, 5) is 18.4. The number of carbonyl (C=O) groups excluding carboxylic acids is 1. The second kappa shape index (κ2) is 5.05. The summed E-state index contributed by atoms with van der Waals surface area (Å²) in [5, 5.41) is 0.402. The molecule has 4 heteroatoms. The molecule has 17 heavy (non-hydrogen) atoms. The quantitative estimate of drug-likeness (QED) is 0.772. The van der Waals surface area contributed by atoms with E-state index in [9.17, 15) is 4.79 Å². The molecule has 0 saturated heterocycles. The zero-order valence-corrected chi connectivity index (χ0v) is 11.0. The summed E-state index contributed by atoms with van der Waals surface area (Å²) in [6.07, 6.45) is 3.04. The van der Waals surface area contributed by atoms with Crippen LogP contribution in [0.15, 0.2) is 12.1 Å². The Balaban J connectivity index is 2.25. The Labute approximate surface area is 107 Å². The van der Waals surface area contributed by atoms with Crippen LogP contribution >= 0.6 is 11.6 Å². The van der Waals surface area contributed by atoms with Gasteiger partial charge in [0.15, 0.2) is 0 Å². The van der Waals surface area contributed by atoms with E-state index < -0.39 is 0 Å². The highest BCUT2D eigenvalue weighted by Crippen LogP contribution is 2.28. The second-order valence-electron chi connectivity index (χ2n) is 4.35. The average Bonchev–Trinajstić information content (AvgIpc) is 3.13. The minimum Gasteiger partial charge on any atom is -0.336 e. The largest absolute Gasteiger partial charge is 0.336 e. The Bertz CT molecular complexity index is 429. The first-order chi connectivity index (χ1) is 8.15. The molecule has 0 unspecified atom stereocenters. The van der Waals surface area contributed by atoms with Gasteiger partial charge in [-0.15, -0.1) is 0 Å². The Morgan fingerprint density at radius 2 is 2.18 bits per heavy atom. The summed E-state index contributed by atoms with van der Waals surface area (Å²) in [6.45, 7) is 4.77. The first kappa shape index (κ1) is 12.4. The number of hydrogen-bond acceptors (Lipinski definition) is 2. The summed E-state index contributed by atoms with van der Waals surface area (Å²) in [7, 11) is 0. The third kappa shape index (κ3) is 2.78. The fourth-order valence-corrected chi connectivity index (χ4v) is 2.20. The molecule has 0 bridgehead atoms. The minimum atomic E-state index is 0.0778. The lowest BCUT2D eigenvalue weighted by Gasteiger charge is -2.20. The molecule has 0 aromatic carbocycles. The van der Waals surface area contributed by atoms with Crippen LogP contribution in [0.2, 0.25) is 5.15 Å². The van der Waals surface area contributed by atoms with E-state index >= 15 is 0 Å². The van der Waals surface area contributed by atoms with Gasteiger partial charge in [-0.2, -0.15) is 0 Å². The molecule has 1 heterocycles. The van der Waals surface area contributed by atoms with Crippen molar-refractivity contribution in [1.29, 1.82) is 0 Å². The van der Waals surface area contributed by atoms with Gasteiger partial charge < -0.3 is 4.90 Å². The third-order valence-corrected chi connectivity index (χ3v) is 3.24. The van der Waals surface area contributed by atoms with Crippen molar-refractivity contribution in [2.24, 2.45) is 0 Å². The van der Waals surface area contributed by atoms with E-state index in [1.54, 1.807) is 6.07 Å². The summed E-state index contributed by atoms with van der Waals surface area (Å²) in [6, 6.07) is 3.94. The van der Waals surface area contributed by atoms with E-state index in [4.69, 9.17) is 11.6 Å². The molecule has 1 saturated carbocycles. The van der Waals surface area contributed by atoms with Gasteiger partial charge in [0.2, 0.25) is 0 Å². The number of nitrogens with zero attached hydrogens (tertiary/aromatic N) is 2. The highest BCUT2D eigenvalue weighted by Gasteiger charge is 2.32. The van der Waals surface area contributed by atoms with Crippen LogP contribution in [0.3, 0.4) is 0 Å². The predicted octanol–water partition coefficient (Wildman–Crippen LogP) is 2.92. The summed E-state index contributed by atoms with van der Waals surface area (Å²) in [5.41, 5.74) is 1.53. The van der Waals surface area contributed by atoms with E-state index in [1.807, 2.05) is 24.8 Å². The van der Waals surface area contributed by atoms with Crippen molar-refractivity contribution in [2.75, 3.05) is 6.54 Å². The van der Waals surface area contributed by atoms with Gasteiger partial charge in [-0.3, -0.25) is 4.79 Å². The molecule has 2 rings (SSSR count). The Kier molecular flexibility index (Phi) is 3.67. The van der Waals surface area contributed by atoms with Gasteiger partial charge in [0.1, 0.15) is 5.15 Å². The highest BCUT2D eigenvalue weighted by molar-refractivity contribution is 6.29. The average molecular weight is 253 g/mol. The maximum Gasteiger partial charge on any atom is 0.254 e. The zero-order valence-electron chi connectivity index (χ0n) is 10.2. The van der Waals surface area contributed by atoms with Crippen molar-refractivity contribution in [2.45, 2.75) is 39.2 Å². The predicted molar refractivity (Wildman–Crippen MR) is 68.4 cm³/mol. The van der Waals surface area contributed by atoms with E-state index in [1.165, 1.54) is 0 Å². The topological polar surface area (TPSA) is 33.2 Å². The van der Waals surface area contributed by atoms with Crippen LogP contribution < -0.4 is 0 Å². The van der Waals surface area contributed by atoms with Crippen LogP contribution in [0.25, 0.3) is 0 Å². The molecule has 92 valence electrons. The number of aryl methyl sites for hydroxylation is 1. The number of rotatable bonds is 4. The molecular formula is C13H17ClN2O. The van der Waals surface area contributed by atoms with Gasteiger partial charge in [0.05, 0.1) is 0 Å². The van der Waals surface area contributed by atoms with Crippen LogP contribution in [0, 0.1) is 0 Å². The Hall–Kier alpha value is -1.09. The first-order valence-electron chi connectivity index (χ1n) is 6.13. The van der Waals surface area contributed by atoms with Gasteiger partial charge in [0, 0.05) is 23.8 Å². The normalized spacial score (nSPS) is 14.8. The van der Waals surface area contributed by atoms with Crippen molar-refractivity contribution >= 4 is 17.5 Å². The maximum atomic E-state index is 12.3. The second-order valence-corrected chi connectivity index (χ2v) is 4.73. The monoisotopic (exact) mass is 252 g/mol. The molecule has 0 N–H and O–H groups in total. The molecule has 0 spiro atoms. The fraction of sp³-hybridized carbons (Fsp3) is 0.538. The van der Waals surface area contributed by atoms with Crippen molar-refractivity contribution in [3.8, 4) is 0 Å². The molecule has 0 radical (unpaired) electrons. The van der Waals surface area contributed by atoms with Gasteiger partial charge >= 0.3 is 0 Å². The van der Waals surface area contributed by atoms with Crippen LogP contribution in [0.4, 0.5) is 0 Å². The van der Waals surface area contributed by atoms with Crippen LogP contribution in [0.1, 0.15) is 42.7 Å². The Morgan fingerprint density at radius 1 is 1.47 bits per heavy atom. The van der Waals surface area contributed by atoms with Crippen LogP contribution in [-0.4, -0.2) is 28.4 Å². The minimum absolute atomic E-state index is 0.0778. The molecule has 1 fully saturated rings. The molecule has 0 atom stereocenters. The smallest absolute Gasteiger partial charge is 0.254 e. The number of halogens is 1. The van der Waals surface area contributed by atoms with Crippen molar-refractivity contribution in [1.82, 2.24) is 9.88 Å². The van der Waals surface area contributed by atoms with Gasteiger partial charge in [-0.1, -0.05) is 18.5 Å². The molecule has 1 amide bonds. The van der Waals surface area contributed by atoms with E-state index in [2.05, 4.69) is 4.98 Å². The Morgan fingerprint density at radius 3 is 2.71 bits per heavy atom. The molecule has 0 aliphatic heterocycles. The third-order valence-electron chi connectivity index (χ3n) is 3.05. The van der Waals surface area contributed by atoms with Crippen LogP contribution in [-0.2, 0) is 6.42 Å². The van der Waals surface area contributed by atoms with Crippen molar-refractivity contribution in [3.63, 3.8) is 0 Å². The number of hydrogen-bond donors (Lipinski definition) is 0. The summed E-state index contributed by atoms with van der Waals surface area (Å²) < 4.78 is 0. The lowest BCUT2D eigenvalue weighted by atomic mass is 10.1. The lowest BCUT2D eigenvalue weighted by molar-refractivity contribution is 0.0752. The summed E-state index contributed by atoms with van der Waals surface area (Å²) >= 11 is 5.93. The molecule has 1 aliphatic carbocycles. The zero-order chi connectivity index (χ0) is 12.4. The summed E-state index contributed by atoms with van der Waals surface area (Å²) in [5.74, 6) is 0.0778. The fourth-order valence-electron chi connectivity index (χ4n) is 1.98. The first-order valence-corrected chi connectivity index (χ1v) is 6.51. The molecule has 1 aromatic heterocycles. The van der Waals surface area contributed by atoms with Crippen LogP contribution in [0.5, 0.6) is 0 Å².